The fourth-order valence-corrected chi connectivity index (χ4v) is 2.70. The van der Waals surface area contributed by atoms with Crippen LogP contribution in [0.25, 0.3) is 21.8 Å². The zero-order valence-electron chi connectivity index (χ0n) is 12.9. The summed E-state index contributed by atoms with van der Waals surface area (Å²) in [7, 11) is 0. The van der Waals surface area contributed by atoms with Gasteiger partial charge in [0.15, 0.2) is 5.69 Å². The van der Waals surface area contributed by atoms with Crippen LogP contribution in [0.4, 0.5) is 0 Å². The molecule has 0 bridgehead atoms. The van der Waals surface area contributed by atoms with E-state index in [1.54, 1.807) is 13.1 Å². The number of nitrogens with zero attached hydrogens (tertiary/aromatic N) is 1. The van der Waals surface area contributed by atoms with Crippen LogP contribution in [0.15, 0.2) is 24.4 Å². The van der Waals surface area contributed by atoms with Gasteiger partial charge in [-0.3, -0.25) is 0 Å². The molecule has 22 heavy (non-hydrogen) atoms. The predicted molar refractivity (Wildman–Crippen MR) is 85.5 cm³/mol. The number of carbonyl (C=O) groups excluding carboxylic acids is 1. The second kappa shape index (κ2) is 5.67. The lowest BCUT2D eigenvalue weighted by Crippen LogP contribution is -2.09. The molecule has 2 aromatic heterocycles. The molecular formula is C17H18N2O3. The van der Waals surface area contributed by atoms with Crippen molar-refractivity contribution >= 4 is 27.8 Å². The normalized spacial score (nSPS) is 11.0. The first-order chi connectivity index (χ1) is 10.7. The van der Waals surface area contributed by atoms with E-state index >= 15 is 0 Å². The Morgan fingerprint density at radius 1 is 1.23 bits per heavy atom. The standard InChI is InChI=1S/C17H18N2O3/c1-4-21-11-6-7-13-12(8-11)15-10(3)16(17(20)22-5-2)18-9-14(15)19-13/h6-9,19H,4-5H2,1-3H3. The molecule has 5 nitrogen and oxygen atoms in total. The molecule has 5 heteroatoms. The molecule has 0 radical (unpaired) electrons. The van der Waals surface area contributed by atoms with Crippen LogP contribution in [0.2, 0.25) is 0 Å². The van der Waals surface area contributed by atoms with Crippen molar-refractivity contribution in [2.45, 2.75) is 20.8 Å². The predicted octanol–water partition coefficient (Wildman–Crippen LogP) is 3.60. The minimum absolute atomic E-state index is 0.334. The van der Waals surface area contributed by atoms with Gasteiger partial charge in [0, 0.05) is 16.3 Å². The number of aryl methyl sites for hydroxylation is 1. The van der Waals surface area contributed by atoms with E-state index in [1.807, 2.05) is 32.0 Å². The molecule has 2 heterocycles. The average molecular weight is 298 g/mol. The van der Waals surface area contributed by atoms with E-state index in [4.69, 9.17) is 9.47 Å². The van der Waals surface area contributed by atoms with Crippen molar-refractivity contribution in [3.05, 3.63) is 35.7 Å². The summed E-state index contributed by atoms with van der Waals surface area (Å²) in [5, 5.41) is 2.00. The maximum Gasteiger partial charge on any atom is 0.357 e. The Hall–Kier alpha value is -2.56. The summed E-state index contributed by atoms with van der Waals surface area (Å²) in [6.45, 7) is 6.57. The van der Waals surface area contributed by atoms with Crippen LogP contribution in [0.1, 0.15) is 29.9 Å². The molecule has 1 N–H and O–H groups in total. The van der Waals surface area contributed by atoms with Crippen LogP contribution in [-0.4, -0.2) is 29.2 Å². The monoisotopic (exact) mass is 298 g/mol. The third-order valence-corrected chi connectivity index (χ3v) is 3.63. The lowest BCUT2D eigenvalue weighted by molar-refractivity contribution is 0.0519. The first-order valence-electron chi connectivity index (χ1n) is 7.36. The van der Waals surface area contributed by atoms with Gasteiger partial charge in [-0.15, -0.1) is 0 Å². The van der Waals surface area contributed by atoms with Crippen molar-refractivity contribution in [1.82, 2.24) is 9.97 Å². The van der Waals surface area contributed by atoms with Gasteiger partial charge >= 0.3 is 5.97 Å². The Morgan fingerprint density at radius 2 is 2.05 bits per heavy atom. The lowest BCUT2D eigenvalue weighted by Gasteiger charge is -2.06. The fourth-order valence-electron chi connectivity index (χ4n) is 2.70. The number of hydrogen-bond donors (Lipinski definition) is 1. The number of aromatic nitrogens is 2. The third-order valence-electron chi connectivity index (χ3n) is 3.63. The van der Waals surface area contributed by atoms with E-state index in [0.29, 0.717) is 18.9 Å². The molecule has 0 saturated carbocycles. The summed E-state index contributed by atoms with van der Waals surface area (Å²) in [5.74, 6) is 0.419. The van der Waals surface area contributed by atoms with Crippen LogP contribution < -0.4 is 4.74 Å². The molecule has 0 fully saturated rings. The Morgan fingerprint density at radius 3 is 2.77 bits per heavy atom. The number of hydrogen-bond acceptors (Lipinski definition) is 4. The number of nitrogens with one attached hydrogen (secondary N) is 1. The summed E-state index contributed by atoms with van der Waals surface area (Å²) in [6, 6.07) is 5.89. The van der Waals surface area contributed by atoms with Crippen molar-refractivity contribution in [3.63, 3.8) is 0 Å². The highest BCUT2D eigenvalue weighted by molar-refractivity contribution is 6.11. The van der Waals surface area contributed by atoms with Crippen LogP contribution in [-0.2, 0) is 4.74 Å². The maximum atomic E-state index is 12.0. The van der Waals surface area contributed by atoms with Crippen LogP contribution in [0, 0.1) is 6.92 Å². The van der Waals surface area contributed by atoms with Gasteiger partial charge in [0.25, 0.3) is 0 Å². The van der Waals surface area contributed by atoms with Gasteiger partial charge in [-0.05, 0) is 44.5 Å². The Kier molecular flexibility index (Phi) is 3.71. The van der Waals surface area contributed by atoms with Gasteiger partial charge in [-0.25, -0.2) is 9.78 Å². The molecule has 0 spiro atoms. The van der Waals surface area contributed by atoms with E-state index in [9.17, 15) is 4.79 Å². The summed E-state index contributed by atoms with van der Waals surface area (Å²) in [6.07, 6.45) is 1.68. The third kappa shape index (κ3) is 2.28. The molecule has 0 aliphatic heterocycles. The van der Waals surface area contributed by atoms with Gasteiger partial charge in [0.05, 0.1) is 24.9 Å². The van der Waals surface area contributed by atoms with E-state index in [1.165, 1.54) is 0 Å². The van der Waals surface area contributed by atoms with Crippen molar-refractivity contribution in [2.75, 3.05) is 13.2 Å². The molecule has 0 aliphatic carbocycles. The van der Waals surface area contributed by atoms with E-state index in [-0.39, 0.29) is 0 Å². The molecule has 0 atom stereocenters. The Bertz CT molecular complexity index is 852. The van der Waals surface area contributed by atoms with Gasteiger partial charge in [-0.1, -0.05) is 0 Å². The number of pyridine rings is 1. The molecule has 114 valence electrons. The first-order valence-corrected chi connectivity index (χ1v) is 7.36. The Labute approximate surface area is 128 Å². The quantitative estimate of drug-likeness (QED) is 0.747. The fraction of sp³-hybridized carbons (Fsp3) is 0.294. The molecule has 3 rings (SSSR count). The number of esters is 1. The first kappa shape index (κ1) is 14.4. The summed E-state index contributed by atoms with van der Waals surface area (Å²) in [5.41, 5.74) is 3.06. The smallest absolute Gasteiger partial charge is 0.357 e. The van der Waals surface area contributed by atoms with Crippen LogP contribution in [0.3, 0.4) is 0 Å². The molecule has 0 unspecified atom stereocenters. The minimum Gasteiger partial charge on any atom is -0.494 e. The average Bonchev–Trinajstić information content (AvgIpc) is 2.86. The minimum atomic E-state index is -0.391. The Balaban J connectivity index is 2.24. The second-order valence-corrected chi connectivity index (χ2v) is 5.01. The molecule has 0 aliphatic rings. The highest BCUT2D eigenvalue weighted by Crippen LogP contribution is 2.31. The topological polar surface area (TPSA) is 64.2 Å². The largest absolute Gasteiger partial charge is 0.494 e. The van der Waals surface area contributed by atoms with Gasteiger partial charge in [-0.2, -0.15) is 0 Å². The SMILES string of the molecule is CCOC(=O)c1ncc2[nH]c3ccc(OCC)cc3c2c1C. The van der Waals surface area contributed by atoms with Gasteiger partial charge < -0.3 is 14.5 Å². The van der Waals surface area contributed by atoms with E-state index in [0.717, 1.165) is 33.1 Å². The number of benzene rings is 1. The summed E-state index contributed by atoms with van der Waals surface area (Å²) in [4.78, 5) is 19.6. The van der Waals surface area contributed by atoms with Crippen molar-refractivity contribution in [1.29, 1.82) is 0 Å². The van der Waals surface area contributed by atoms with E-state index < -0.39 is 5.97 Å². The number of fused-ring (bicyclic) bond motifs is 3. The molecule has 3 aromatic rings. The molecular weight excluding hydrogens is 280 g/mol. The number of carbonyl (C=O) groups is 1. The summed E-state index contributed by atoms with van der Waals surface area (Å²) >= 11 is 0. The maximum absolute atomic E-state index is 12.0. The van der Waals surface area contributed by atoms with Crippen LogP contribution in [0.5, 0.6) is 5.75 Å². The highest BCUT2D eigenvalue weighted by Gasteiger charge is 2.17. The number of ether oxygens (including phenoxy) is 2. The van der Waals surface area contributed by atoms with Gasteiger partial charge in [0.2, 0.25) is 0 Å². The number of H-pyrrole nitrogens is 1. The van der Waals surface area contributed by atoms with Crippen molar-refractivity contribution < 1.29 is 14.3 Å². The van der Waals surface area contributed by atoms with E-state index in [2.05, 4.69) is 9.97 Å². The molecule has 0 saturated heterocycles. The summed E-state index contributed by atoms with van der Waals surface area (Å²) < 4.78 is 10.6. The zero-order valence-corrected chi connectivity index (χ0v) is 12.9. The lowest BCUT2D eigenvalue weighted by atomic mass is 10.1. The molecule has 1 aromatic carbocycles. The van der Waals surface area contributed by atoms with Gasteiger partial charge in [0.1, 0.15) is 5.75 Å². The molecule has 0 amide bonds. The van der Waals surface area contributed by atoms with Crippen LogP contribution >= 0.6 is 0 Å². The highest BCUT2D eigenvalue weighted by atomic mass is 16.5. The number of rotatable bonds is 4. The second-order valence-electron chi connectivity index (χ2n) is 5.01. The van der Waals surface area contributed by atoms with Crippen molar-refractivity contribution in [2.24, 2.45) is 0 Å². The zero-order chi connectivity index (χ0) is 15.7. The number of aromatic amines is 1. The van der Waals surface area contributed by atoms with Crippen molar-refractivity contribution in [3.8, 4) is 5.75 Å².